The van der Waals surface area contributed by atoms with Crippen molar-refractivity contribution in [2.24, 2.45) is 0 Å². The van der Waals surface area contributed by atoms with E-state index in [-0.39, 0.29) is 0 Å². The first-order valence-corrected chi connectivity index (χ1v) is 7.33. The van der Waals surface area contributed by atoms with Gasteiger partial charge < -0.3 is 0 Å². The van der Waals surface area contributed by atoms with Crippen LogP contribution in [-0.2, 0) is 6.54 Å². The molecule has 2 heterocycles. The first-order chi connectivity index (χ1) is 9.24. The Morgan fingerprint density at radius 3 is 2.74 bits per heavy atom. The van der Waals surface area contributed by atoms with Crippen LogP contribution in [0.2, 0.25) is 0 Å². The zero-order chi connectivity index (χ0) is 13.2. The average Bonchev–Trinajstić information content (AvgIpc) is 2.90. The van der Waals surface area contributed by atoms with E-state index in [9.17, 15) is 0 Å². The molecular weight excluding hydrogens is 232 g/mol. The van der Waals surface area contributed by atoms with Crippen molar-refractivity contribution in [3.8, 4) is 0 Å². The van der Waals surface area contributed by atoms with Crippen molar-refractivity contribution >= 4 is 10.8 Å². The molecule has 0 amide bonds. The van der Waals surface area contributed by atoms with Gasteiger partial charge in [-0.3, -0.25) is 9.88 Å². The molecule has 2 nitrogen and oxygen atoms in total. The van der Waals surface area contributed by atoms with Gasteiger partial charge in [0, 0.05) is 24.3 Å². The van der Waals surface area contributed by atoms with Crippen LogP contribution in [0.5, 0.6) is 0 Å². The third-order valence-electron chi connectivity index (χ3n) is 4.07. The largest absolute Gasteiger partial charge is 0.299 e. The summed E-state index contributed by atoms with van der Waals surface area (Å²) >= 11 is 0. The molecule has 3 rings (SSSR count). The van der Waals surface area contributed by atoms with E-state index in [1.54, 1.807) is 0 Å². The second-order valence-corrected chi connectivity index (χ2v) is 5.92. The van der Waals surface area contributed by atoms with Crippen molar-refractivity contribution in [1.82, 2.24) is 9.88 Å². The molecule has 0 radical (unpaired) electrons. The van der Waals surface area contributed by atoms with Crippen LogP contribution in [-0.4, -0.2) is 23.0 Å². The van der Waals surface area contributed by atoms with Gasteiger partial charge in [-0.05, 0) is 60.5 Å². The minimum atomic E-state index is 0.547. The summed E-state index contributed by atoms with van der Waals surface area (Å²) in [4.78, 5) is 6.84. The Labute approximate surface area is 115 Å². The van der Waals surface area contributed by atoms with Crippen molar-refractivity contribution in [3.63, 3.8) is 0 Å². The average molecular weight is 254 g/mol. The van der Waals surface area contributed by atoms with Gasteiger partial charge in [0.2, 0.25) is 0 Å². The Morgan fingerprint density at radius 2 is 2.00 bits per heavy atom. The Hall–Kier alpha value is -1.41. The van der Waals surface area contributed by atoms with Gasteiger partial charge in [-0.15, -0.1) is 0 Å². The summed E-state index contributed by atoms with van der Waals surface area (Å²) in [5.41, 5.74) is 2.88. The van der Waals surface area contributed by atoms with Crippen LogP contribution in [0.4, 0.5) is 0 Å². The molecule has 0 aliphatic carbocycles. The maximum atomic E-state index is 4.28. The SMILES string of the molecule is CC(C)c1cc(CN2CCCC2)cc2ccncc12. The number of nitrogens with zero attached hydrogens (tertiary/aromatic N) is 2. The molecule has 1 fully saturated rings. The molecule has 0 N–H and O–H groups in total. The Kier molecular flexibility index (Phi) is 3.52. The van der Waals surface area contributed by atoms with Crippen molar-refractivity contribution in [2.75, 3.05) is 13.1 Å². The molecule has 1 aliphatic heterocycles. The topological polar surface area (TPSA) is 16.1 Å². The molecule has 1 saturated heterocycles. The van der Waals surface area contributed by atoms with Crippen LogP contribution >= 0.6 is 0 Å². The fraction of sp³-hybridized carbons (Fsp3) is 0.471. The molecule has 19 heavy (non-hydrogen) atoms. The van der Waals surface area contributed by atoms with Crippen LogP contribution in [0.1, 0.15) is 43.7 Å². The number of aromatic nitrogens is 1. The summed E-state index contributed by atoms with van der Waals surface area (Å²) in [6.45, 7) is 8.14. The van der Waals surface area contributed by atoms with Gasteiger partial charge in [-0.2, -0.15) is 0 Å². The maximum Gasteiger partial charge on any atom is 0.0349 e. The molecular formula is C17H22N2. The van der Waals surface area contributed by atoms with Gasteiger partial charge in [0.1, 0.15) is 0 Å². The number of hydrogen-bond acceptors (Lipinski definition) is 2. The van der Waals surface area contributed by atoms with Crippen molar-refractivity contribution < 1.29 is 0 Å². The molecule has 1 aromatic carbocycles. The van der Waals surface area contributed by atoms with E-state index in [1.807, 2.05) is 12.4 Å². The van der Waals surface area contributed by atoms with Crippen molar-refractivity contribution in [3.05, 3.63) is 41.7 Å². The number of rotatable bonds is 3. The lowest BCUT2D eigenvalue weighted by molar-refractivity contribution is 0.331. The second kappa shape index (κ2) is 5.30. The van der Waals surface area contributed by atoms with E-state index in [2.05, 4.69) is 41.9 Å². The molecule has 0 saturated carbocycles. The van der Waals surface area contributed by atoms with Gasteiger partial charge in [-0.25, -0.2) is 0 Å². The molecule has 1 aliphatic rings. The van der Waals surface area contributed by atoms with Crippen molar-refractivity contribution in [1.29, 1.82) is 0 Å². The lowest BCUT2D eigenvalue weighted by atomic mass is 9.94. The van der Waals surface area contributed by atoms with Gasteiger partial charge >= 0.3 is 0 Å². The molecule has 100 valence electrons. The highest BCUT2D eigenvalue weighted by Gasteiger charge is 2.14. The maximum absolute atomic E-state index is 4.28. The summed E-state index contributed by atoms with van der Waals surface area (Å²) in [7, 11) is 0. The zero-order valence-corrected chi connectivity index (χ0v) is 11.9. The van der Waals surface area contributed by atoms with Gasteiger partial charge in [0.25, 0.3) is 0 Å². The molecule has 0 bridgehead atoms. The standard InChI is InChI=1S/C17H22N2/c1-13(2)16-10-14(12-19-7-3-4-8-19)9-15-5-6-18-11-17(15)16/h5-6,9-11,13H,3-4,7-8,12H2,1-2H3. The predicted molar refractivity (Wildman–Crippen MR) is 80.3 cm³/mol. The number of benzene rings is 1. The van der Waals surface area contributed by atoms with E-state index in [4.69, 9.17) is 0 Å². The molecule has 1 aromatic heterocycles. The minimum absolute atomic E-state index is 0.547. The molecule has 0 atom stereocenters. The number of fused-ring (bicyclic) bond motifs is 1. The minimum Gasteiger partial charge on any atom is -0.299 e. The number of hydrogen-bond donors (Lipinski definition) is 0. The predicted octanol–water partition coefficient (Wildman–Crippen LogP) is 3.95. The first-order valence-electron chi connectivity index (χ1n) is 7.33. The Balaban J connectivity index is 2.00. The van der Waals surface area contributed by atoms with E-state index in [0.717, 1.165) is 6.54 Å². The van der Waals surface area contributed by atoms with E-state index >= 15 is 0 Å². The van der Waals surface area contributed by atoms with Gasteiger partial charge in [0.05, 0.1) is 0 Å². The first kappa shape index (κ1) is 12.6. The summed E-state index contributed by atoms with van der Waals surface area (Å²) in [5.74, 6) is 0.547. The lowest BCUT2D eigenvalue weighted by Gasteiger charge is -2.17. The van der Waals surface area contributed by atoms with E-state index in [1.165, 1.54) is 47.8 Å². The third-order valence-corrected chi connectivity index (χ3v) is 4.07. The normalized spacial score (nSPS) is 16.6. The summed E-state index contributed by atoms with van der Waals surface area (Å²) in [6.07, 6.45) is 6.61. The Bertz CT molecular complexity index is 568. The second-order valence-electron chi connectivity index (χ2n) is 5.92. The fourth-order valence-corrected chi connectivity index (χ4v) is 3.06. The number of likely N-dealkylation sites (tertiary alicyclic amines) is 1. The molecule has 0 spiro atoms. The molecule has 0 unspecified atom stereocenters. The highest BCUT2D eigenvalue weighted by Crippen LogP contribution is 2.27. The van der Waals surface area contributed by atoms with Gasteiger partial charge in [0.15, 0.2) is 0 Å². The highest BCUT2D eigenvalue weighted by molar-refractivity contribution is 5.86. The van der Waals surface area contributed by atoms with E-state index in [0.29, 0.717) is 5.92 Å². The lowest BCUT2D eigenvalue weighted by Crippen LogP contribution is -2.18. The Morgan fingerprint density at radius 1 is 1.21 bits per heavy atom. The van der Waals surface area contributed by atoms with Crippen molar-refractivity contribution in [2.45, 2.75) is 39.2 Å². The van der Waals surface area contributed by atoms with E-state index < -0.39 is 0 Å². The summed E-state index contributed by atoms with van der Waals surface area (Å²) < 4.78 is 0. The molecule has 2 aromatic rings. The smallest absolute Gasteiger partial charge is 0.0349 e. The summed E-state index contributed by atoms with van der Waals surface area (Å²) in [5, 5.41) is 2.64. The van der Waals surface area contributed by atoms with Crippen LogP contribution in [0.25, 0.3) is 10.8 Å². The van der Waals surface area contributed by atoms with Crippen LogP contribution in [0.3, 0.4) is 0 Å². The molecule has 2 heteroatoms. The fourth-order valence-electron chi connectivity index (χ4n) is 3.06. The van der Waals surface area contributed by atoms with Gasteiger partial charge in [-0.1, -0.05) is 19.9 Å². The van der Waals surface area contributed by atoms with Crippen LogP contribution in [0.15, 0.2) is 30.6 Å². The zero-order valence-electron chi connectivity index (χ0n) is 11.9. The quantitative estimate of drug-likeness (QED) is 0.824. The van der Waals surface area contributed by atoms with Crippen LogP contribution in [0, 0.1) is 0 Å². The summed E-state index contributed by atoms with van der Waals surface area (Å²) in [6, 6.07) is 6.85. The van der Waals surface area contributed by atoms with Crippen LogP contribution < -0.4 is 0 Å². The number of pyridine rings is 1. The highest BCUT2D eigenvalue weighted by atomic mass is 15.1. The third kappa shape index (κ3) is 2.64. The monoisotopic (exact) mass is 254 g/mol.